The average Bonchev–Trinajstić information content (AvgIpc) is 3.54. The third-order valence-electron chi connectivity index (χ3n) is 15.5. The topological polar surface area (TPSA) is 15.7 Å². The highest BCUT2D eigenvalue weighted by atomic mass is 16.5. The number of hydrogen-bond donors (Lipinski definition) is 0. The summed E-state index contributed by atoms with van der Waals surface area (Å²) >= 11 is 0. The van der Waals surface area contributed by atoms with Gasteiger partial charge in [-0.25, -0.2) is 0 Å². The summed E-state index contributed by atoms with van der Waals surface area (Å²) in [6.45, 7) is 32.2. The van der Waals surface area contributed by atoms with E-state index in [9.17, 15) is 0 Å². The summed E-state index contributed by atoms with van der Waals surface area (Å²) in [5.74, 6) is 1.84. The third-order valence-corrected chi connectivity index (χ3v) is 15.5. The minimum absolute atomic E-state index is 0.00523. The van der Waals surface area contributed by atoms with E-state index in [0.717, 1.165) is 39.8 Å². The third kappa shape index (κ3) is 7.40. The zero-order valence-electron chi connectivity index (χ0n) is 43.8. The Morgan fingerprint density at radius 1 is 0.500 bits per heavy atom. The number of nitrogens with zero attached hydrogens (tertiary/aromatic N) is 2. The molecule has 0 aromatic heterocycles. The van der Waals surface area contributed by atoms with Gasteiger partial charge in [-0.1, -0.05) is 184 Å². The molecule has 0 fully saturated rings. The van der Waals surface area contributed by atoms with Crippen molar-refractivity contribution in [2.75, 3.05) is 9.80 Å². The molecule has 0 saturated heterocycles. The molecule has 2 heterocycles. The summed E-state index contributed by atoms with van der Waals surface area (Å²) in [4.78, 5) is 5.12. The molecule has 0 N–H and O–H groups in total. The van der Waals surface area contributed by atoms with E-state index in [0.29, 0.717) is 0 Å². The van der Waals surface area contributed by atoms with Gasteiger partial charge in [-0.15, -0.1) is 0 Å². The van der Waals surface area contributed by atoms with Crippen LogP contribution >= 0.6 is 0 Å². The molecule has 8 aromatic rings. The lowest BCUT2D eigenvalue weighted by Crippen LogP contribution is -2.61. The van der Waals surface area contributed by atoms with E-state index < -0.39 is 0 Å². The van der Waals surface area contributed by atoms with Crippen LogP contribution in [0.5, 0.6) is 11.5 Å². The molecule has 4 heteroatoms. The summed E-state index contributed by atoms with van der Waals surface area (Å²) in [5.41, 5.74) is 25.5. The number of hydrogen-bond acceptors (Lipinski definition) is 3. The van der Waals surface area contributed by atoms with Gasteiger partial charge < -0.3 is 14.5 Å². The van der Waals surface area contributed by atoms with Crippen LogP contribution in [0.1, 0.15) is 121 Å². The maximum Gasteiger partial charge on any atom is 0.256 e. The first-order valence-electron chi connectivity index (χ1n) is 25.4. The van der Waals surface area contributed by atoms with E-state index in [1.54, 1.807) is 0 Å². The van der Waals surface area contributed by atoms with Crippen molar-refractivity contribution in [1.29, 1.82) is 0 Å². The van der Waals surface area contributed by atoms with E-state index in [1.165, 1.54) is 89.0 Å². The summed E-state index contributed by atoms with van der Waals surface area (Å²) in [5, 5.41) is 0. The molecule has 3 nitrogen and oxygen atoms in total. The predicted molar refractivity (Wildman–Crippen MR) is 300 cm³/mol. The number of rotatable bonds is 5. The van der Waals surface area contributed by atoms with E-state index >= 15 is 0 Å². The molecule has 70 heavy (non-hydrogen) atoms. The highest BCUT2D eigenvalue weighted by molar-refractivity contribution is 6.99. The summed E-state index contributed by atoms with van der Waals surface area (Å²) in [6.07, 6.45) is 0. The van der Waals surface area contributed by atoms with Crippen molar-refractivity contribution in [3.8, 4) is 33.8 Å². The maximum absolute atomic E-state index is 7.30. The van der Waals surface area contributed by atoms with Crippen LogP contribution in [0.3, 0.4) is 0 Å². The number of anilines is 6. The zero-order chi connectivity index (χ0) is 49.4. The zero-order valence-corrected chi connectivity index (χ0v) is 43.8. The lowest BCUT2D eigenvalue weighted by atomic mass is 9.32. The monoisotopic (exact) mass is 915 g/mol. The predicted octanol–water partition coefficient (Wildman–Crippen LogP) is 16.4. The summed E-state index contributed by atoms with van der Waals surface area (Å²) < 4.78 is 7.30. The Morgan fingerprint density at radius 3 is 1.66 bits per heavy atom. The van der Waals surface area contributed by atoms with Gasteiger partial charge in [-0.2, -0.15) is 0 Å². The van der Waals surface area contributed by atoms with Gasteiger partial charge in [0.15, 0.2) is 0 Å². The summed E-state index contributed by atoms with van der Waals surface area (Å²) in [6, 6.07) is 58.2. The van der Waals surface area contributed by atoms with Crippen LogP contribution in [-0.4, -0.2) is 6.71 Å². The second-order valence-corrected chi connectivity index (χ2v) is 24.2. The largest absolute Gasteiger partial charge is 0.458 e. The Kier molecular flexibility index (Phi) is 10.4. The van der Waals surface area contributed by atoms with Crippen LogP contribution < -0.4 is 30.9 Å². The molecule has 0 saturated carbocycles. The van der Waals surface area contributed by atoms with Crippen molar-refractivity contribution in [3.05, 3.63) is 196 Å². The number of aryl methyl sites for hydroxylation is 3. The molecule has 11 rings (SSSR count). The first-order chi connectivity index (χ1) is 33.1. The van der Waals surface area contributed by atoms with Crippen LogP contribution in [0.4, 0.5) is 34.1 Å². The molecular formula is C66H67BN2O. The fourth-order valence-corrected chi connectivity index (χ4v) is 11.8. The lowest BCUT2D eigenvalue weighted by Gasteiger charge is -2.44. The smallest absolute Gasteiger partial charge is 0.256 e. The maximum atomic E-state index is 7.30. The Hall–Kier alpha value is -6.78. The first-order valence-corrected chi connectivity index (χ1v) is 25.4. The average molecular weight is 915 g/mol. The molecule has 0 bridgehead atoms. The van der Waals surface area contributed by atoms with Gasteiger partial charge in [0.05, 0.1) is 5.69 Å². The molecule has 2 aliphatic heterocycles. The molecule has 0 radical (unpaired) electrons. The normalized spacial score (nSPS) is 14.3. The Morgan fingerprint density at radius 2 is 1.04 bits per heavy atom. The molecule has 3 aliphatic rings. The molecule has 0 amide bonds. The minimum atomic E-state index is -0.361. The van der Waals surface area contributed by atoms with Gasteiger partial charge >= 0.3 is 0 Å². The molecule has 0 atom stereocenters. The van der Waals surface area contributed by atoms with E-state index in [1.807, 2.05) is 0 Å². The minimum Gasteiger partial charge on any atom is -0.458 e. The lowest BCUT2D eigenvalue weighted by molar-refractivity contribution is 0.486. The number of benzene rings is 8. The molecular weight excluding hydrogens is 848 g/mol. The van der Waals surface area contributed by atoms with Crippen LogP contribution in [0.15, 0.2) is 152 Å². The van der Waals surface area contributed by atoms with Crippen LogP contribution in [-0.2, 0) is 21.7 Å². The SMILES string of the molecule is Cc1ccc(N(c2ccc(C(C)(C)C)cc2)c2cc3c(c4c2-c2ccccc2C4(C)C)B2c4cc(C(C)(C)C)ccc4Oc4cc(-c5cc(C)cc(C)c5)cc(c42)N3c2ccc(C(C)(C)C)cc2)cc1. The highest BCUT2D eigenvalue weighted by Gasteiger charge is 2.50. The molecule has 1 aliphatic carbocycles. The van der Waals surface area contributed by atoms with Gasteiger partial charge in [0.2, 0.25) is 0 Å². The second-order valence-electron chi connectivity index (χ2n) is 24.2. The molecule has 350 valence electrons. The second kappa shape index (κ2) is 15.9. The van der Waals surface area contributed by atoms with Gasteiger partial charge in [0, 0.05) is 39.4 Å². The summed E-state index contributed by atoms with van der Waals surface area (Å²) in [7, 11) is 0. The quantitative estimate of drug-likeness (QED) is 0.160. The van der Waals surface area contributed by atoms with Crippen molar-refractivity contribution in [1.82, 2.24) is 0 Å². The van der Waals surface area contributed by atoms with Crippen molar-refractivity contribution in [2.24, 2.45) is 0 Å². The van der Waals surface area contributed by atoms with E-state index in [2.05, 4.69) is 258 Å². The van der Waals surface area contributed by atoms with Gasteiger partial charge in [0.1, 0.15) is 11.5 Å². The Bertz CT molecular complexity index is 3370. The van der Waals surface area contributed by atoms with Crippen LogP contribution in [0.2, 0.25) is 0 Å². The molecule has 0 spiro atoms. The Labute approximate surface area is 418 Å². The van der Waals surface area contributed by atoms with Crippen molar-refractivity contribution in [3.63, 3.8) is 0 Å². The highest BCUT2D eigenvalue weighted by Crippen LogP contribution is 2.57. The Balaban J connectivity index is 1.31. The van der Waals surface area contributed by atoms with E-state index in [-0.39, 0.29) is 28.4 Å². The van der Waals surface area contributed by atoms with Gasteiger partial charge in [0.25, 0.3) is 6.71 Å². The fourth-order valence-electron chi connectivity index (χ4n) is 11.8. The number of ether oxygens (including phenoxy) is 1. The van der Waals surface area contributed by atoms with Crippen LogP contribution in [0, 0.1) is 20.8 Å². The fraction of sp³-hybridized carbons (Fsp3) is 0.273. The van der Waals surface area contributed by atoms with E-state index in [4.69, 9.17) is 4.74 Å². The number of fused-ring (bicyclic) bond motifs is 8. The van der Waals surface area contributed by atoms with Crippen molar-refractivity contribution >= 4 is 57.2 Å². The first kappa shape index (κ1) is 45.7. The molecule has 0 unspecified atom stereocenters. The van der Waals surface area contributed by atoms with Gasteiger partial charge in [-0.3, -0.25) is 0 Å². The van der Waals surface area contributed by atoms with Crippen LogP contribution in [0.25, 0.3) is 22.3 Å². The van der Waals surface area contributed by atoms with Gasteiger partial charge in [-0.05, 0) is 159 Å². The van der Waals surface area contributed by atoms with Crippen molar-refractivity contribution < 1.29 is 4.74 Å². The van der Waals surface area contributed by atoms with Crippen molar-refractivity contribution in [2.45, 2.75) is 119 Å². The standard InChI is InChI=1S/C66H67BN2O/c1-40-19-26-48(27-20-40)68(49-28-21-45(22-29-49)63(4,5)6)54-39-56-62(60-59(54)51-17-15-16-18-52(51)66(60,13)14)67-53-38-47(65(10,11)12)25-32-57(53)70-58-37-44(43-34-41(2)33-42(3)35-43)36-55(61(58)67)69(56)50-30-23-46(24-31-50)64(7,8)9/h15-39H,1-14H3. The molecule has 8 aromatic carbocycles.